The van der Waals surface area contributed by atoms with E-state index in [1.54, 1.807) is 13.1 Å². The molecule has 0 bridgehead atoms. The molecular weight excluding hydrogens is 180 g/mol. The fourth-order valence-electron chi connectivity index (χ4n) is 0.888. The topological polar surface area (TPSA) is 44.1 Å². The SMILES string of the molecule is COC(=O)c1cc(CCl)nn1C. The van der Waals surface area contributed by atoms with Crippen LogP contribution in [0.4, 0.5) is 0 Å². The van der Waals surface area contributed by atoms with E-state index in [0.29, 0.717) is 17.3 Å². The number of ether oxygens (including phenoxy) is 1. The first-order valence-corrected chi connectivity index (χ1v) is 3.89. The normalized spacial score (nSPS) is 9.92. The highest BCUT2D eigenvalue weighted by atomic mass is 35.5. The minimum absolute atomic E-state index is 0.296. The van der Waals surface area contributed by atoms with Crippen molar-refractivity contribution in [2.75, 3.05) is 7.11 Å². The molecule has 0 spiro atoms. The lowest BCUT2D eigenvalue weighted by atomic mass is 10.4. The van der Waals surface area contributed by atoms with Crippen LogP contribution in [0, 0.1) is 0 Å². The second-order valence-electron chi connectivity index (χ2n) is 2.27. The smallest absolute Gasteiger partial charge is 0.356 e. The van der Waals surface area contributed by atoms with E-state index >= 15 is 0 Å². The number of carbonyl (C=O) groups excluding carboxylic acids is 1. The van der Waals surface area contributed by atoms with Crippen LogP contribution in [0.25, 0.3) is 0 Å². The van der Waals surface area contributed by atoms with Crippen molar-refractivity contribution in [2.24, 2.45) is 7.05 Å². The molecule has 0 atom stereocenters. The molecule has 0 aliphatic heterocycles. The zero-order valence-corrected chi connectivity index (χ0v) is 7.63. The van der Waals surface area contributed by atoms with Gasteiger partial charge in [0.15, 0.2) is 0 Å². The van der Waals surface area contributed by atoms with Crippen LogP contribution in [0.5, 0.6) is 0 Å². The van der Waals surface area contributed by atoms with Gasteiger partial charge < -0.3 is 4.74 Å². The van der Waals surface area contributed by atoms with Crippen molar-refractivity contribution in [3.63, 3.8) is 0 Å². The van der Waals surface area contributed by atoms with E-state index in [4.69, 9.17) is 11.6 Å². The highest BCUT2D eigenvalue weighted by molar-refractivity contribution is 6.16. The number of alkyl halides is 1. The molecule has 4 nitrogen and oxygen atoms in total. The van der Waals surface area contributed by atoms with Crippen LogP contribution in [-0.2, 0) is 17.7 Å². The lowest BCUT2D eigenvalue weighted by Gasteiger charge is -1.96. The molecule has 0 aromatic carbocycles. The summed E-state index contributed by atoms with van der Waals surface area (Å²) in [7, 11) is 3.00. The molecule has 0 unspecified atom stereocenters. The molecule has 12 heavy (non-hydrogen) atoms. The van der Waals surface area contributed by atoms with E-state index in [1.165, 1.54) is 11.8 Å². The number of rotatable bonds is 2. The second-order valence-corrected chi connectivity index (χ2v) is 2.54. The summed E-state index contributed by atoms with van der Waals surface area (Å²) in [6.45, 7) is 0. The molecule has 0 fully saturated rings. The van der Waals surface area contributed by atoms with E-state index in [0.717, 1.165) is 0 Å². The predicted octanol–water partition coefficient (Wildman–Crippen LogP) is 0.946. The van der Waals surface area contributed by atoms with Crippen LogP contribution < -0.4 is 0 Å². The molecule has 0 radical (unpaired) electrons. The zero-order valence-electron chi connectivity index (χ0n) is 6.87. The van der Waals surface area contributed by atoms with Crippen molar-refractivity contribution in [1.29, 1.82) is 0 Å². The standard InChI is InChI=1S/C7H9ClN2O2/c1-10-6(7(11)12-2)3-5(4-8)9-10/h3H,4H2,1-2H3. The number of methoxy groups -OCH3 is 1. The Labute approximate surface area is 75.1 Å². The summed E-state index contributed by atoms with van der Waals surface area (Å²) in [5, 5.41) is 3.98. The van der Waals surface area contributed by atoms with Gasteiger partial charge in [-0.1, -0.05) is 0 Å². The van der Waals surface area contributed by atoms with Gasteiger partial charge in [0.1, 0.15) is 5.69 Å². The maximum Gasteiger partial charge on any atom is 0.356 e. The average molecular weight is 189 g/mol. The number of nitrogens with zero attached hydrogens (tertiary/aromatic N) is 2. The number of carbonyl (C=O) groups is 1. The minimum Gasteiger partial charge on any atom is -0.464 e. The van der Waals surface area contributed by atoms with Gasteiger partial charge in [0.2, 0.25) is 0 Å². The van der Waals surface area contributed by atoms with Crippen molar-refractivity contribution < 1.29 is 9.53 Å². The molecule has 66 valence electrons. The highest BCUT2D eigenvalue weighted by Crippen LogP contribution is 2.06. The lowest BCUT2D eigenvalue weighted by Crippen LogP contribution is -2.07. The van der Waals surface area contributed by atoms with Crippen molar-refractivity contribution in [2.45, 2.75) is 5.88 Å². The van der Waals surface area contributed by atoms with Crippen molar-refractivity contribution in [3.05, 3.63) is 17.5 Å². The molecule has 1 aromatic rings. The Balaban J connectivity index is 2.99. The minimum atomic E-state index is -0.402. The number of esters is 1. The van der Waals surface area contributed by atoms with Gasteiger partial charge in [-0.15, -0.1) is 11.6 Å². The van der Waals surface area contributed by atoms with E-state index < -0.39 is 5.97 Å². The monoisotopic (exact) mass is 188 g/mol. The average Bonchev–Trinajstić information content (AvgIpc) is 2.45. The maximum atomic E-state index is 11.0. The summed E-state index contributed by atoms with van der Waals surface area (Å²) in [5.41, 5.74) is 1.08. The number of hydrogen-bond donors (Lipinski definition) is 0. The first-order chi connectivity index (χ1) is 5.69. The fourth-order valence-corrected chi connectivity index (χ4v) is 1.02. The van der Waals surface area contributed by atoms with E-state index in [2.05, 4.69) is 9.84 Å². The van der Waals surface area contributed by atoms with E-state index in [-0.39, 0.29) is 0 Å². The van der Waals surface area contributed by atoms with E-state index in [1.807, 2.05) is 0 Å². The Bertz CT molecular complexity index is 296. The largest absolute Gasteiger partial charge is 0.464 e. The summed E-state index contributed by atoms with van der Waals surface area (Å²) in [5.74, 6) is -0.105. The Kier molecular flexibility index (Phi) is 2.70. The second kappa shape index (κ2) is 3.58. The number of halogens is 1. The summed E-state index contributed by atoms with van der Waals surface area (Å²) in [4.78, 5) is 11.0. The molecule has 1 aromatic heterocycles. The maximum absolute atomic E-state index is 11.0. The van der Waals surface area contributed by atoms with Gasteiger partial charge in [0.25, 0.3) is 0 Å². The molecular formula is C7H9ClN2O2. The van der Waals surface area contributed by atoms with Crippen molar-refractivity contribution >= 4 is 17.6 Å². The van der Waals surface area contributed by atoms with Crippen LogP contribution in [0.15, 0.2) is 6.07 Å². The van der Waals surface area contributed by atoms with Gasteiger partial charge in [0, 0.05) is 7.05 Å². The molecule has 0 saturated carbocycles. The van der Waals surface area contributed by atoms with Crippen molar-refractivity contribution in [1.82, 2.24) is 9.78 Å². The molecule has 1 rings (SSSR count). The summed E-state index contributed by atoms with van der Waals surface area (Å²) >= 11 is 5.53. The Hall–Kier alpha value is -1.03. The summed E-state index contributed by atoms with van der Waals surface area (Å²) in [6, 6.07) is 1.61. The zero-order chi connectivity index (χ0) is 9.14. The van der Waals surface area contributed by atoms with Crippen LogP contribution >= 0.6 is 11.6 Å². The third kappa shape index (κ3) is 1.58. The van der Waals surface area contributed by atoms with Crippen LogP contribution in [0.2, 0.25) is 0 Å². The Morgan fingerprint density at radius 3 is 2.92 bits per heavy atom. The highest BCUT2D eigenvalue weighted by Gasteiger charge is 2.12. The van der Waals surface area contributed by atoms with Crippen LogP contribution in [-0.4, -0.2) is 22.9 Å². The predicted molar refractivity (Wildman–Crippen MR) is 44.1 cm³/mol. The Morgan fingerprint density at radius 1 is 1.83 bits per heavy atom. The molecule has 0 aliphatic carbocycles. The first-order valence-electron chi connectivity index (χ1n) is 3.36. The molecule has 0 aliphatic rings. The quantitative estimate of drug-likeness (QED) is 0.513. The number of aryl methyl sites for hydroxylation is 1. The summed E-state index contributed by atoms with van der Waals surface area (Å²) < 4.78 is 5.98. The van der Waals surface area contributed by atoms with Gasteiger partial charge >= 0.3 is 5.97 Å². The molecule has 1 heterocycles. The third-order valence-corrected chi connectivity index (χ3v) is 1.74. The van der Waals surface area contributed by atoms with Gasteiger partial charge in [0.05, 0.1) is 18.7 Å². The van der Waals surface area contributed by atoms with Gasteiger partial charge in [-0.05, 0) is 6.07 Å². The Morgan fingerprint density at radius 2 is 2.50 bits per heavy atom. The number of hydrogen-bond acceptors (Lipinski definition) is 3. The molecule has 0 amide bonds. The first kappa shape index (κ1) is 9.06. The third-order valence-electron chi connectivity index (χ3n) is 1.46. The van der Waals surface area contributed by atoms with Crippen LogP contribution in [0.3, 0.4) is 0 Å². The van der Waals surface area contributed by atoms with Crippen LogP contribution in [0.1, 0.15) is 16.2 Å². The summed E-state index contributed by atoms with van der Waals surface area (Å²) in [6.07, 6.45) is 0. The molecule has 5 heteroatoms. The fraction of sp³-hybridized carbons (Fsp3) is 0.429. The number of aromatic nitrogens is 2. The molecule has 0 N–H and O–H groups in total. The van der Waals surface area contributed by atoms with Gasteiger partial charge in [-0.25, -0.2) is 4.79 Å². The van der Waals surface area contributed by atoms with E-state index in [9.17, 15) is 4.79 Å². The molecule has 0 saturated heterocycles. The lowest BCUT2D eigenvalue weighted by molar-refractivity contribution is 0.0588. The van der Waals surface area contributed by atoms with Crippen molar-refractivity contribution in [3.8, 4) is 0 Å². The van der Waals surface area contributed by atoms with Gasteiger partial charge in [-0.2, -0.15) is 5.10 Å². The van der Waals surface area contributed by atoms with Gasteiger partial charge in [-0.3, -0.25) is 4.68 Å².